The molecule has 7 rings (SSSR count). The molecule has 3 N–H and O–H groups in total. The number of ether oxygens (including phenoxy) is 3. The predicted molar refractivity (Wildman–Crippen MR) is 199 cm³/mol. The van der Waals surface area contributed by atoms with E-state index in [-0.39, 0.29) is 25.5 Å². The van der Waals surface area contributed by atoms with Gasteiger partial charge in [0.05, 0.1) is 23.2 Å². The number of carbonyl (C=O) groups excluding carboxylic acids is 4. The smallest absolute Gasteiger partial charge is 0.408 e. The summed E-state index contributed by atoms with van der Waals surface area (Å²) in [6.07, 6.45) is -4.91. The minimum Gasteiger partial charge on any atom is -0.489 e. The van der Waals surface area contributed by atoms with Crippen LogP contribution < -0.4 is 24.8 Å². The average molecular weight is 798 g/mol. The van der Waals surface area contributed by atoms with Crippen LogP contribution in [0.5, 0.6) is 11.6 Å². The molecule has 4 bridgehead atoms. The molecule has 2 aromatic carbocycles. The van der Waals surface area contributed by atoms with Gasteiger partial charge < -0.3 is 29.7 Å². The lowest BCUT2D eigenvalue weighted by Crippen LogP contribution is -2.60. The first kappa shape index (κ1) is 39.2. The number of benzene rings is 2. The molecule has 2 saturated carbocycles. The van der Waals surface area contributed by atoms with Gasteiger partial charge in [-0.25, -0.2) is 27.0 Å². The van der Waals surface area contributed by atoms with Crippen molar-refractivity contribution >= 4 is 44.7 Å². The number of carbonyl (C=O) groups is 4. The van der Waals surface area contributed by atoms with Gasteiger partial charge in [-0.05, 0) is 68.4 Å². The molecular formula is C39H45F2N5O9S. The highest BCUT2D eigenvalue weighted by Gasteiger charge is 2.67. The van der Waals surface area contributed by atoms with Crippen LogP contribution in [-0.4, -0.2) is 96.3 Å². The summed E-state index contributed by atoms with van der Waals surface area (Å²) >= 11 is 0. The van der Waals surface area contributed by atoms with Crippen molar-refractivity contribution in [1.82, 2.24) is 25.2 Å². The third-order valence-electron chi connectivity index (χ3n) is 10.6. The standard InChI is InChI=1S/C39H45F2N5O9S/c1-37(2,3)30-34(48)46-19-24(17-29(46)32(47)44-39(18-27(39)31(40)41)35(49)45-56(51,52)25-13-14-25)54-33-26(16-22-9-6-7-12-28(22)42-33)21-10-8-11-23(15-21)53-20-38(4,5)55-36(50)43-30/h6-12,15-16,24-25,27,29-31H,13-14,17-20H2,1-5H3,(H,43,50)(H,44,47)(H,45,49)/t24?,27-,29-,30-,39?/m0/s1. The SMILES string of the molecule is CC1(C)COc2cccc(c2)-c2cc3ccccc3nc2OC2C[C@@H](C(=O)NC3(C(=O)NS(=O)(=O)C4CC4)C[C@H]3C(F)F)N(C2)C(=O)[C@@H](C(C)(C)C)NC(=O)O1. The molecular weight excluding hydrogens is 753 g/mol. The molecule has 0 radical (unpaired) electrons. The number of fused-ring (bicyclic) bond motifs is 7. The lowest BCUT2D eigenvalue weighted by molar-refractivity contribution is -0.143. The minimum atomic E-state index is -4.14. The third kappa shape index (κ3) is 7.95. The molecule has 3 aromatic rings. The molecule has 2 aliphatic carbocycles. The number of nitrogens with zero attached hydrogens (tertiary/aromatic N) is 2. The second-order valence-electron chi connectivity index (χ2n) is 16.7. The average Bonchev–Trinajstić information content (AvgIpc) is 4.05. The first-order valence-electron chi connectivity index (χ1n) is 18.5. The van der Waals surface area contributed by atoms with Crippen molar-refractivity contribution in [2.45, 2.75) is 101 Å². The highest BCUT2D eigenvalue weighted by Crippen LogP contribution is 2.48. The van der Waals surface area contributed by atoms with E-state index in [1.807, 2.05) is 41.1 Å². The number of aromatic nitrogens is 1. The summed E-state index contributed by atoms with van der Waals surface area (Å²) in [5.74, 6) is -3.93. The lowest BCUT2D eigenvalue weighted by Gasteiger charge is -2.36. The number of rotatable bonds is 6. The maximum atomic E-state index is 14.6. The summed E-state index contributed by atoms with van der Waals surface area (Å²) < 4.78 is 74.0. The van der Waals surface area contributed by atoms with Crippen LogP contribution in [0.2, 0.25) is 0 Å². The molecule has 300 valence electrons. The Labute approximate surface area is 323 Å². The molecule has 2 aliphatic heterocycles. The van der Waals surface area contributed by atoms with Gasteiger partial charge in [0.25, 0.3) is 5.91 Å². The van der Waals surface area contributed by atoms with E-state index < -0.39 is 92.6 Å². The van der Waals surface area contributed by atoms with Gasteiger partial charge in [0, 0.05) is 17.4 Å². The van der Waals surface area contributed by atoms with Gasteiger partial charge in [0.15, 0.2) is 0 Å². The number of cyclic esters (lactones) is 1. The van der Waals surface area contributed by atoms with Crippen LogP contribution in [0, 0.1) is 11.3 Å². The van der Waals surface area contributed by atoms with Crippen molar-refractivity contribution in [3.05, 3.63) is 54.6 Å². The zero-order valence-corrected chi connectivity index (χ0v) is 32.5. The molecule has 1 aromatic heterocycles. The van der Waals surface area contributed by atoms with E-state index in [1.165, 1.54) is 4.90 Å². The molecule has 56 heavy (non-hydrogen) atoms. The number of hydrogen-bond donors (Lipinski definition) is 3. The Balaban J connectivity index is 1.28. The van der Waals surface area contributed by atoms with Crippen molar-refractivity contribution in [2.75, 3.05) is 13.2 Å². The van der Waals surface area contributed by atoms with E-state index in [1.54, 1.807) is 52.8 Å². The summed E-state index contributed by atoms with van der Waals surface area (Å²) in [6, 6.07) is 13.8. The van der Waals surface area contributed by atoms with Crippen LogP contribution in [0.1, 0.15) is 60.3 Å². The fourth-order valence-electron chi connectivity index (χ4n) is 7.22. The van der Waals surface area contributed by atoms with Crippen LogP contribution in [-0.2, 0) is 29.1 Å². The zero-order valence-electron chi connectivity index (χ0n) is 31.6. The third-order valence-corrected chi connectivity index (χ3v) is 12.4. The topological polar surface area (TPSA) is 182 Å². The number of hydrogen-bond acceptors (Lipinski definition) is 10. The van der Waals surface area contributed by atoms with E-state index >= 15 is 0 Å². The monoisotopic (exact) mass is 797 g/mol. The molecule has 17 heteroatoms. The molecule has 4 aliphatic rings. The van der Waals surface area contributed by atoms with Crippen molar-refractivity contribution in [2.24, 2.45) is 11.3 Å². The van der Waals surface area contributed by atoms with Gasteiger partial charge in [-0.2, -0.15) is 0 Å². The quantitative estimate of drug-likeness (QED) is 0.325. The Hall–Kier alpha value is -5.06. The predicted octanol–water partition coefficient (Wildman–Crippen LogP) is 4.31. The van der Waals surface area contributed by atoms with Crippen molar-refractivity contribution < 1.29 is 50.6 Å². The van der Waals surface area contributed by atoms with Crippen molar-refractivity contribution in [3.8, 4) is 22.8 Å². The number of alkyl halides is 2. The first-order valence-corrected chi connectivity index (χ1v) is 20.1. The highest BCUT2D eigenvalue weighted by molar-refractivity contribution is 7.91. The number of halogens is 2. The van der Waals surface area contributed by atoms with Crippen molar-refractivity contribution in [3.63, 3.8) is 0 Å². The van der Waals surface area contributed by atoms with Gasteiger partial charge >= 0.3 is 6.09 Å². The normalized spacial score (nSPS) is 26.5. The summed E-state index contributed by atoms with van der Waals surface area (Å²) in [5.41, 5.74) is -2.49. The Bertz CT molecular complexity index is 2190. The van der Waals surface area contributed by atoms with Gasteiger partial charge in [0.2, 0.25) is 34.1 Å². The molecule has 3 heterocycles. The Morgan fingerprint density at radius 3 is 2.46 bits per heavy atom. The number of amides is 4. The Morgan fingerprint density at radius 2 is 1.79 bits per heavy atom. The van der Waals surface area contributed by atoms with Gasteiger partial charge in [-0.3, -0.25) is 19.1 Å². The van der Waals surface area contributed by atoms with Crippen LogP contribution >= 0.6 is 0 Å². The number of alkyl carbamates (subject to hydrolysis) is 1. The van der Waals surface area contributed by atoms with E-state index in [2.05, 4.69) is 10.6 Å². The zero-order chi connectivity index (χ0) is 40.4. The number of para-hydroxylation sites is 1. The van der Waals surface area contributed by atoms with Crippen LogP contribution in [0.4, 0.5) is 13.6 Å². The molecule has 4 amide bonds. The van der Waals surface area contributed by atoms with Crippen LogP contribution in [0.15, 0.2) is 54.6 Å². The molecule has 3 fully saturated rings. The summed E-state index contributed by atoms with van der Waals surface area (Å²) in [5, 5.41) is 5.08. The molecule has 1 saturated heterocycles. The highest BCUT2D eigenvalue weighted by atomic mass is 32.2. The maximum absolute atomic E-state index is 14.6. The van der Waals surface area contributed by atoms with E-state index in [9.17, 15) is 36.4 Å². The van der Waals surface area contributed by atoms with Crippen LogP contribution in [0.25, 0.3) is 22.0 Å². The number of pyridine rings is 1. The summed E-state index contributed by atoms with van der Waals surface area (Å²) in [4.78, 5) is 61.8. The van der Waals surface area contributed by atoms with Gasteiger partial charge in [-0.15, -0.1) is 0 Å². The minimum absolute atomic E-state index is 0.0509. The fraction of sp³-hybridized carbons (Fsp3) is 0.513. The largest absolute Gasteiger partial charge is 0.489 e. The second-order valence-corrected chi connectivity index (χ2v) is 18.7. The summed E-state index contributed by atoms with van der Waals surface area (Å²) in [6.45, 7) is 8.18. The van der Waals surface area contributed by atoms with Crippen molar-refractivity contribution in [1.29, 1.82) is 0 Å². The Morgan fingerprint density at radius 1 is 1.05 bits per heavy atom. The maximum Gasteiger partial charge on any atom is 0.408 e. The van der Waals surface area contributed by atoms with Gasteiger partial charge in [-0.1, -0.05) is 51.1 Å². The molecule has 14 nitrogen and oxygen atoms in total. The lowest BCUT2D eigenvalue weighted by atomic mass is 9.85. The first-order chi connectivity index (χ1) is 26.3. The van der Waals surface area contributed by atoms with E-state index in [0.29, 0.717) is 35.2 Å². The summed E-state index contributed by atoms with van der Waals surface area (Å²) in [7, 11) is -4.14. The molecule has 0 spiro atoms. The second kappa shape index (κ2) is 14.2. The molecule has 2 unspecified atom stereocenters. The fourth-order valence-corrected chi connectivity index (χ4v) is 8.58. The number of nitrogens with one attached hydrogen (secondary N) is 3. The van der Waals surface area contributed by atoms with Gasteiger partial charge in [0.1, 0.15) is 41.7 Å². The van der Waals surface area contributed by atoms with Crippen LogP contribution in [0.3, 0.4) is 0 Å². The molecule has 5 atom stereocenters. The Kier molecular flexibility index (Phi) is 9.90. The van der Waals surface area contributed by atoms with E-state index in [0.717, 1.165) is 5.39 Å². The number of sulfonamides is 1. The van der Waals surface area contributed by atoms with E-state index in [4.69, 9.17) is 19.2 Å².